The number of β-lactam (4-membered cyclic amide) rings is 1. The molecule has 3 aromatic rings. The number of nitriles is 1. The highest BCUT2D eigenvalue weighted by Crippen LogP contribution is 2.51. The molecule has 3 atom stereocenters. The van der Waals surface area contributed by atoms with Gasteiger partial charge in [-0.25, -0.2) is 9.50 Å². The molecular formula is C29H32ClN5O2. The molecule has 8 heteroatoms. The maximum Gasteiger partial charge on any atom is 0.267 e. The normalized spacial score (nSPS) is 24.3. The zero-order valence-electron chi connectivity index (χ0n) is 21.7. The first kappa shape index (κ1) is 25.2. The lowest BCUT2D eigenvalue weighted by atomic mass is 9.60. The monoisotopic (exact) mass is 517 g/mol. The quantitative estimate of drug-likeness (QED) is 0.284. The Labute approximate surface area is 222 Å². The summed E-state index contributed by atoms with van der Waals surface area (Å²) in [6.45, 7) is 8.03. The van der Waals surface area contributed by atoms with Crippen LogP contribution in [0.15, 0.2) is 42.5 Å². The maximum atomic E-state index is 13.6. The molecule has 1 fully saturated rings. The van der Waals surface area contributed by atoms with Crippen LogP contribution >= 0.6 is 11.6 Å². The number of unbranched alkanes of at least 4 members (excludes halogenated alkanes) is 3. The Morgan fingerprint density at radius 1 is 1.22 bits per heavy atom. The standard InChI is InChI=1S/C29H32ClN5O2/c1-5-6-7-9-15-29(37-23-13-12-18(2)16-19(23)3)27(36)33-28(29)14-10-8-11-22(28)25-32-26-21(17-31)20(4)24(30)35(26)34-25/h8,10-14,16,22H,5-7,9,15H2,1-4H3,(H,32,34)(H,33,36). The van der Waals surface area contributed by atoms with Crippen molar-refractivity contribution < 1.29 is 9.53 Å². The fourth-order valence-electron chi connectivity index (χ4n) is 5.75. The van der Waals surface area contributed by atoms with Gasteiger partial charge in [0.15, 0.2) is 5.65 Å². The number of amides is 1. The van der Waals surface area contributed by atoms with Crippen LogP contribution in [-0.2, 0) is 4.79 Å². The van der Waals surface area contributed by atoms with Gasteiger partial charge in [-0.3, -0.25) is 9.89 Å². The summed E-state index contributed by atoms with van der Waals surface area (Å²) in [7, 11) is 0. The first-order valence-electron chi connectivity index (χ1n) is 12.9. The summed E-state index contributed by atoms with van der Waals surface area (Å²) < 4.78 is 8.42. The SMILES string of the molecule is CCCCCCC1(Oc2ccc(C)cc2C)C(=O)NC12C=CC=CC2c1nc2c(C#N)c(C)c(Cl)n2[nH]1. The molecule has 37 heavy (non-hydrogen) atoms. The number of rotatable bonds is 8. The van der Waals surface area contributed by atoms with E-state index in [0.717, 1.165) is 36.8 Å². The molecule has 192 valence electrons. The van der Waals surface area contributed by atoms with Gasteiger partial charge in [-0.05, 0) is 45.2 Å². The zero-order valence-corrected chi connectivity index (χ0v) is 22.4. The summed E-state index contributed by atoms with van der Waals surface area (Å²) in [6.07, 6.45) is 12.6. The maximum absolute atomic E-state index is 13.6. The Hall–Kier alpha value is -3.50. The second-order valence-electron chi connectivity index (χ2n) is 10.2. The summed E-state index contributed by atoms with van der Waals surface area (Å²) in [5.41, 5.74) is 1.75. The van der Waals surface area contributed by atoms with Gasteiger partial charge in [0.05, 0.1) is 5.92 Å². The van der Waals surface area contributed by atoms with Crippen LogP contribution in [0.5, 0.6) is 5.75 Å². The summed E-state index contributed by atoms with van der Waals surface area (Å²) in [6, 6.07) is 8.25. The van der Waals surface area contributed by atoms with Crippen LogP contribution in [0, 0.1) is 32.1 Å². The zero-order chi connectivity index (χ0) is 26.4. The first-order chi connectivity index (χ1) is 17.8. The van der Waals surface area contributed by atoms with E-state index in [0.29, 0.717) is 39.9 Å². The van der Waals surface area contributed by atoms with Crippen LogP contribution in [0.4, 0.5) is 0 Å². The molecule has 1 aliphatic heterocycles. The third kappa shape index (κ3) is 3.77. The third-order valence-corrected chi connectivity index (χ3v) is 8.24. The molecule has 0 bridgehead atoms. The molecule has 1 saturated heterocycles. The number of carbonyl (C=O) groups is 1. The second-order valence-corrected chi connectivity index (χ2v) is 10.6. The minimum atomic E-state index is -1.12. The largest absolute Gasteiger partial charge is 0.474 e. The molecular weight excluding hydrogens is 486 g/mol. The molecule has 1 aromatic carbocycles. The number of fused-ring (bicyclic) bond motifs is 1. The molecule has 7 nitrogen and oxygen atoms in total. The van der Waals surface area contributed by atoms with Crippen molar-refractivity contribution in [3.63, 3.8) is 0 Å². The van der Waals surface area contributed by atoms with Crippen molar-refractivity contribution in [2.24, 2.45) is 0 Å². The van der Waals surface area contributed by atoms with E-state index in [1.54, 1.807) is 11.4 Å². The summed E-state index contributed by atoms with van der Waals surface area (Å²) in [4.78, 5) is 18.4. The molecule has 0 saturated carbocycles. The number of hydrogen-bond donors (Lipinski definition) is 2. The van der Waals surface area contributed by atoms with Gasteiger partial charge in [-0.2, -0.15) is 5.26 Å². The second kappa shape index (κ2) is 9.42. The summed E-state index contributed by atoms with van der Waals surface area (Å²) in [5, 5.41) is 16.6. The van der Waals surface area contributed by atoms with Gasteiger partial charge >= 0.3 is 0 Å². The van der Waals surface area contributed by atoms with E-state index in [-0.39, 0.29) is 11.8 Å². The number of allylic oxidation sites excluding steroid dienone is 2. The number of ether oxygens (including phenoxy) is 1. The van der Waals surface area contributed by atoms with Crippen molar-refractivity contribution in [1.29, 1.82) is 5.26 Å². The van der Waals surface area contributed by atoms with Crippen molar-refractivity contribution >= 4 is 23.2 Å². The van der Waals surface area contributed by atoms with Crippen LogP contribution in [0.3, 0.4) is 0 Å². The topological polar surface area (TPSA) is 95.2 Å². The van der Waals surface area contributed by atoms with Gasteiger partial charge in [0.1, 0.15) is 33.9 Å². The Morgan fingerprint density at radius 3 is 2.73 bits per heavy atom. The fourth-order valence-corrected chi connectivity index (χ4v) is 5.96. The van der Waals surface area contributed by atoms with Crippen molar-refractivity contribution in [2.45, 2.75) is 76.9 Å². The number of benzene rings is 1. The first-order valence-corrected chi connectivity index (χ1v) is 13.3. The van der Waals surface area contributed by atoms with Gasteiger partial charge in [-0.15, -0.1) is 0 Å². The molecule has 1 spiro atoms. The number of aromatic nitrogens is 3. The highest BCUT2D eigenvalue weighted by molar-refractivity contribution is 6.31. The molecule has 2 aliphatic rings. The number of nitrogens with zero attached hydrogens (tertiary/aromatic N) is 3. The number of aryl methyl sites for hydroxylation is 2. The fraction of sp³-hybridized carbons (Fsp3) is 0.414. The number of H-pyrrole nitrogens is 1. The number of nitrogens with one attached hydrogen (secondary N) is 2. The van der Waals surface area contributed by atoms with Gasteiger partial charge in [0.2, 0.25) is 5.60 Å². The number of hydrogen-bond acceptors (Lipinski definition) is 4. The van der Waals surface area contributed by atoms with Gasteiger partial charge < -0.3 is 10.1 Å². The van der Waals surface area contributed by atoms with Crippen LogP contribution in [0.1, 0.15) is 73.0 Å². The average molecular weight is 518 g/mol. The van der Waals surface area contributed by atoms with E-state index in [1.807, 2.05) is 50.3 Å². The smallest absolute Gasteiger partial charge is 0.267 e. The predicted octanol–water partition coefficient (Wildman–Crippen LogP) is 5.98. The molecule has 2 aromatic heterocycles. The van der Waals surface area contributed by atoms with E-state index < -0.39 is 11.1 Å². The lowest BCUT2D eigenvalue weighted by molar-refractivity contribution is -0.168. The van der Waals surface area contributed by atoms with Crippen LogP contribution in [-0.4, -0.2) is 31.6 Å². The molecule has 0 radical (unpaired) electrons. The van der Waals surface area contributed by atoms with Crippen molar-refractivity contribution in [1.82, 2.24) is 19.9 Å². The van der Waals surface area contributed by atoms with E-state index in [1.165, 1.54) is 0 Å². The summed E-state index contributed by atoms with van der Waals surface area (Å²) in [5.74, 6) is 0.833. The van der Waals surface area contributed by atoms with Crippen LogP contribution in [0.2, 0.25) is 5.15 Å². The molecule has 5 rings (SSSR count). The van der Waals surface area contributed by atoms with E-state index >= 15 is 0 Å². The van der Waals surface area contributed by atoms with Crippen molar-refractivity contribution in [3.8, 4) is 11.8 Å². The Kier molecular flexibility index (Phi) is 6.41. The molecule has 2 N–H and O–H groups in total. The van der Waals surface area contributed by atoms with Gasteiger partial charge in [0, 0.05) is 5.56 Å². The van der Waals surface area contributed by atoms with Crippen molar-refractivity contribution in [2.75, 3.05) is 0 Å². The molecule has 1 aliphatic carbocycles. The van der Waals surface area contributed by atoms with Crippen LogP contribution in [0.25, 0.3) is 5.65 Å². The van der Waals surface area contributed by atoms with Gasteiger partial charge in [-0.1, -0.05) is 79.8 Å². The highest BCUT2D eigenvalue weighted by Gasteiger charge is 2.70. The van der Waals surface area contributed by atoms with E-state index in [9.17, 15) is 10.1 Å². The van der Waals surface area contributed by atoms with Crippen LogP contribution < -0.4 is 10.1 Å². The minimum Gasteiger partial charge on any atom is -0.474 e. The minimum absolute atomic E-state index is 0.126. The molecule has 3 unspecified atom stereocenters. The van der Waals surface area contributed by atoms with Crippen molar-refractivity contribution in [3.05, 3.63) is 75.7 Å². The van der Waals surface area contributed by atoms with E-state index in [4.69, 9.17) is 21.3 Å². The Balaban J connectivity index is 1.61. The lowest BCUT2D eigenvalue weighted by Crippen LogP contribution is -2.84. The number of halogens is 1. The third-order valence-electron chi connectivity index (χ3n) is 7.79. The highest BCUT2D eigenvalue weighted by atomic mass is 35.5. The molecule has 3 heterocycles. The van der Waals surface area contributed by atoms with E-state index in [2.05, 4.69) is 29.5 Å². The predicted molar refractivity (Wildman–Crippen MR) is 144 cm³/mol. The Bertz CT molecular complexity index is 1480. The number of aromatic amines is 1. The number of carbonyl (C=O) groups excluding carboxylic acids is 1. The van der Waals surface area contributed by atoms with Gasteiger partial charge in [0.25, 0.3) is 5.91 Å². The summed E-state index contributed by atoms with van der Waals surface area (Å²) >= 11 is 6.53. The molecule has 1 amide bonds. The Morgan fingerprint density at radius 2 is 2.03 bits per heavy atom. The lowest BCUT2D eigenvalue weighted by Gasteiger charge is -2.59. The average Bonchev–Trinajstić information content (AvgIpc) is 3.40.